The van der Waals surface area contributed by atoms with Gasteiger partial charge in [0.2, 0.25) is 0 Å². The molecule has 0 aliphatic carbocycles. The van der Waals surface area contributed by atoms with Crippen LogP contribution in [0.5, 0.6) is 0 Å². The molecule has 0 bridgehead atoms. The van der Waals surface area contributed by atoms with Gasteiger partial charge in [-0.25, -0.2) is 0 Å². The Morgan fingerprint density at radius 1 is 1.32 bits per heavy atom. The van der Waals surface area contributed by atoms with Gasteiger partial charge in [-0.2, -0.15) is 0 Å². The summed E-state index contributed by atoms with van der Waals surface area (Å²) < 4.78 is 0. The molecule has 19 heavy (non-hydrogen) atoms. The number of thioether (sulfide) groups is 1. The number of benzene rings is 1. The maximum Gasteiger partial charge on any atom is 0.0339 e. The summed E-state index contributed by atoms with van der Waals surface area (Å²) >= 11 is 2.01. The second kappa shape index (κ2) is 7.96. The first-order valence-electron chi connectivity index (χ1n) is 7.80. The van der Waals surface area contributed by atoms with Crippen LogP contribution in [0.3, 0.4) is 0 Å². The standard InChI is InChI=1S/C17H27NS/c1-3-5-8-14(4-2)13-18-16-11-12-19-17-10-7-6-9-15(16)17/h6-7,9-10,14,16,18H,3-5,8,11-13H2,1-2H3. The molecule has 2 rings (SSSR count). The van der Waals surface area contributed by atoms with Gasteiger partial charge < -0.3 is 5.32 Å². The molecular weight excluding hydrogens is 250 g/mol. The van der Waals surface area contributed by atoms with Crippen LogP contribution in [-0.4, -0.2) is 12.3 Å². The molecule has 0 fully saturated rings. The molecule has 2 atom stereocenters. The zero-order valence-corrected chi connectivity index (χ0v) is 13.1. The lowest BCUT2D eigenvalue weighted by atomic mass is 9.97. The van der Waals surface area contributed by atoms with E-state index in [-0.39, 0.29) is 0 Å². The van der Waals surface area contributed by atoms with Crippen LogP contribution in [0.15, 0.2) is 29.2 Å². The van der Waals surface area contributed by atoms with E-state index in [1.54, 1.807) is 0 Å². The molecule has 2 heteroatoms. The summed E-state index contributed by atoms with van der Waals surface area (Å²) in [5.74, 6) is 2.10. The predicted octanol–water partition coefficient (Wildman–Crippen LogP) is 5.03. The van der Waals surface area contributed by atoms with Crippen LogP contribution in [-0.2, 0) is 0 Å². The molecular formula is C17H27NS. The summed E-state index contributed by atoms with van der Waals surface area (Å²) in [4.78, 5) is 1.48. The highest BCUT2D eigenvalue weighted by atomic mass is 32.2. The highest BCUT2D eigenvalue weighted by Crippen LogP contribution is 2.35. The first-order valence-corrected chi connectivity index (χ1v) is 8.78. The lowest BCUT2D eigenvalue weighted by Gasteiger charge is -2.28. The SMILES string of the molecule is CCCCC(CC)CNC1CCSc2ccccc21. The Balaban J connectivity index is 1.89. The largest absolute Gasteiger partial charge is 0.310 e. The molecule has 0 spiro atoms. The molecule has 1 aromatic rings. The Bertz CT molecular complexity index is 377. The minimum Gasteiger partial charge on any atom is -0.310 e. The third-order valence-electron chi connectivity index (χ3n) is 4.15. The average molecular weight is 277 g/mol. The molecule has 0 radical (unpaired) electrons. The highest BCUT2D eigenvalue weighted by molar-refractivity contribution is 7.99. The second-order valence-electron chi connectivity index (χ2n) is 5.55. The van der Waals surface area contributed by atoms with E-state index in [1.165, 1.54) is 54.9 Å². The monoisotopic (exact) mass is 277 g/mol. The summed E-state index contributed by atoms with van der Waals surface area (Å²) in [6.07, 6.45) is 6.64. The molecule has 0 saturated carbocycles. The quantitative estimate of drug-likeness (QED) is 0.750. The van der Waals surface area contributed by atoms with Gasteiger partial charge in [-0.1, -0.05) is 51.3 Å². The van der Waals surface area contributed by atoms with Crippen molar-refractivity contribution in [2.45, 2.75) is 56.9 Å². The van der Waals surface area contributed by atoms with E-state index in [9.17, 15) is 0 Å². The van der Waals surface area contributed by atoms with Crippen LogP contribution in [0.25, 0.3) is 0 Å². The Kier molecular flexibility index (Phi) is 6.25. The first kappa shape index (κ1) is 14.9. The Labute approximate surface area is 122 Å². The van der Waals surface area contributed by atoms with Crippen molar-refractivity contribution in [3.8, 4) is 0 Å². The zero-order valence-electron chi connectivity index (χ0n) is 12.3. The van der Waals surface area contributed by atoms with Crippen LogP contribution in [0, 0.1) is 5.92 Å². The fraction of sp³-hybridized carbons (Fsp3) is 0.647. The van der Waals surface area contributed by atoms with Crippen molar-refractivity contribution in [1.29, 1.82) is 0 Å². The van der Waals surface area contributed by atoms with Gasteiger partial charge in [0, 0.05) is 10.9 Å². The van der Waals surface area contributed by atoms with E-state index in [2.05, 4.69) is 43.4 Å². The molecule has 1 aliphatic rings. The molecule has 0 saturated heterocycles. The molecule has 1 N–H and O–H groups in total. The summed E-state index contributed by atoms with van der Waals surface area (Å²) in [5, 5.41) is 3.82. The van der Waals surface area contributed by atoms with E-state index in [0.717, 1.165) is 5.92 Å². The number of hydrogen-bond acceptors (Lipinski definition) is 2. The van der Waals surface area contributed by atoms with Crippen LogP contribution in [0.4, 0.5) is 0 Å². The fourth-order valence-corrected chi connectivity index (χ4v) is 3.93. The van der Waals surface area contributed by atoms with Gasteiger partial charge in [0.1, 0.15) is 0 Å². The molecule has 0 aromatic heterocycles. The van der Waals surface area contributed by atoms with Crippen LogP contribution >= 0.6 is 11.8 Å². The van der Waals surface area contributed by atoms with E-state index < -0.39 is 0 Å². The van der Waals surface area contributed by atoms with Crippen LogP contribution in [0.1, 0.15) is 57.6 Å². The van der Waals surface area contributed by atoms with Crippen LogP contribution < -0.4 is 5.32 Å². The van der Waals surface area contributed by atoms with E-state index in [0.29, 0.717) is 6.04 Å². The molecule has 106 valence electrons. The van der Waals surface area contributed by atoms with Crippen molar-refractivity contribution in [3.63, 3.8) is 0 Å². The van der Waals surface area contributed by atoms with Crippen molar-refractivity contribution in [2.75, 3.05) is 12.3 Å². The number of hydrogen-bond donors (Lipinski definition) is 1. The maximum absolute atomic E-state index is 3.82. The van der Waals surface area contributed by atoms with E-state index >= 15 is 0 Å². The molecule has 1 heterocycles. The van der Waals surface area contributed by atoms with Crippen molar-refractivity contribution >= 4 is 11.8 Å². The Morgan fingerprint density at radius 2 is 2.16 bits per heavy atom. The Morgan fingerprint density at radius 3 is 2.95 bits per heavy atom. The summed E-state index contributed by atoms with van der Waals surface area (Å²) in [5.41, 5.74) is 1.52. The first-order chi connectivity index (χ1) is 9.35. The maximum atomic E-state index is 3.82. The van der Waals surface area contributed by atoms with Gasteiger partial charge in [-0.05, 0) is 42.7 Å². The second-order valence-corrected chi connectivity index (χ2v) is 6.69. The fourth-order valence-electron chi connectivity index (χ4n) is 2.81. The topological polar surface area (TPSA) is 12.0 Å². The molecule has 1 aromatic carbocycles. The van der Waals surface area contributed by atoms with Gasteiger partial charge in [0.15, 0.2) is 0 Å². The minimum atomic E-state index is 0.577. The van der Waals surface area contributed by atoms with Crippen LogP contribution in [0.2, 0.25) is 0 Å². The highest BCUT2D eigenvalue weighted by Gasteiger charge is 2.20. The zero-order chi connectivity index (χ0) is 13.5. The predicted molar refractivity (Wildman–Crippen MR) is 85.8 cm³/mol. The summed E-state index contributed by atoms with van der Waals surface area (Å²) in [6.45, 7) is 5.79. The molecule has 1 nitrogen and oxygen atoms in total. The number of fused-ring (bicyclic) bond motifs is 1. The summed E-state index contributed by atoms with van der Waals surface area (Å²) in [6, 6.07) is 9.47. The minimum absolute atomic E-state index is 0.577. The van der Waals surface area contributed by atoms with Gasteiger partial charge >= 0.3 is 0 Å². The van der Waals surface area contributed by atoms with Gasteiger partial charge in [0.25, 0.3) is 0 Å². The smallest absolute Gasteiger partial charge is 0.0339 e. The summed E-state index contributed by atoms with van der Waals surface area (Å²) in [7, 11) is 0. The molecule has 2 unspecified atom stereocenters. The van der Waals surface area contributed by atoms with Crippen molar-refractivity contribution in [3.05, 3.63) is 29.8 Å². The lowest BCUT2D eigenvalue weighted by Crippen LogP contribution is -2.29. The Hall–Kier alpha value is -0.470. The van der Waals surface area contributed by atoms with Gasteiger partial charge in [0.05, 0.1) is 0 Å². The third kappa shape index (κ3) is 4.25. The van der Waals surface area contributed by atoms with E-state index in [1.807, 2.05) is 11.8 Å². The van der Waals surface area contributed by atoms with E-state index in [4.69, 9.17) is 0 Å². The number of unbranched alkanes of at least 4 members (excludes halogenated alkanes) is 1. The lowest BCUT2D eigenvalue weighted by molar-refractivity contribution is 0.384. The van der Waals surface area contributed by atoms with Crippen molar-refractivity contribution in [1.82, 2.24) is 5.32 Å². The normalized spacial score (nSPS) is 20.0. The van der Waals surface area contributed by atoms with Gasteiger partial charge in [-0.15, -0.1) is 11.8 Å². The third-order valence-corrected chi connectivity index (χ3v) is 5.28. The average Bonchev–Trinajstić information content (AvgIpc) is 2.47. The van der Waals surface area contributed by atoms with Crippen molar-refractivity contribution < 1.29 is 0 Å². The number of nitrogens with one attached hydrogen (secondary N) is 1. The number of rotatable bonds is 7. The molecule has 0 amide bonds. The molecule has 1 aliphatic heterocycles. The van der Waals surface area contributed by atoms with Crippen molar-refractivity contribution in [2.24, 2.45) is 5.92 Å². The van der Waals surface area contributed by atoms with Gasteiger partial charge in [-0.3, -0.25) is 0 Å².